The highest BCUT2D eigenvalue weighted by Crippen LogP contribution is 2.19. The van der Waals surface area contributed by atoms with Crippen molar-refractivity contribution in [2.75, 3.05) is 21.2 Å². The first-order valence-corrected chi connectivity index (χ1v) is 6.56. The summed E-state index contributed by atoms with van der Waals surface area (Å²) in [7, 11) is 4.62. The molecule has 1 rings (SSSR count). The van der Waals surface area contributed by atoms with E-state index >= 15 is 0 Å². The van der Waals surface area contributed by atoms with Gasteiger partial charge < -0.3 is 24.8 Å². The molecule has 1 aliphatic carbocycles. The van der Waals surface area contributed by atoms with E-state index in [4.69, 9.17) is 14.2 Å². The second kappa shape index (κ2) is 8.42. The number of hydrogen-bond donors (Lipinski definition) is 2. The zero-order chi connectivity index (χ0) is 15.0. The van der Waals surface area contributed by atoms with Gasteiger partial charge in [0.25, 0.3) is 0 Å². The SMILES string of the molecule is CNC(=O)OC1/C=C/C(OC(=O)NC)CC(OC)CC1. The van der Waals surface area contributed by atoms with E-state index in [1.165, 1.54) is 14.1 Å². The molecule has 0 aliphatic heterocycles. The Morgan fingerprint density at radius 1 is 1.00 bits per heavy atom. The molecular formula is C13H22N2O5. The first-order valence-electron chi connectivity index (χ1n) is 6.56. The minimum Gasteiger partial charge on any atom is -0.442 e. The molecule has 3 unspecified atom stereocenters. The maximum Gasteiger partial charge on any atom is 0.407 e. The van der Waals surface area contributed by atoms with Crippen LogP contribution >= 0.6 is 0 Å². The highest BCUT2D eigenvalue weighted by atomic mass is 16.6. The molecule has 0 aromatic carbocycles. The molecule has 0 bridgehead atoms. The Kier molecular flexibility index (Phi) is 6.86. The van der Waals surface area contributed by atoms with Gasteiger partial charge in [-0.2, -0.15) is 0 Å². The number of rotatable bonds is 3. The molecule has 114 valence electrons. The molecule has 2 N–H and O–H groups in total. The van der Waals surface area contributed by atoms with Gasteiger partial charge in [-0.25, -0.2) is 9.59 Å². The van der Waals surface area contributed by atoms with Crippen LogP contribution in [0.2, 0.25) is 0 Å². The summed E-state index contributed by atoms with van der Waals surface area (Å²) in [6.07, 6.45) is 3.63. The summed E-state index contributed by atoms with van der Waals surface area (Å²) < 4.78 is 15.8. The number of nitrogens with one attached hydrogen (secondary N) is 2. The third kappa shape index (κ3) is 5.48. The highest BCUT2D eigenvalue weighted by molar-refractivity contribution is 5.67. The summed E-state index contributed by atoms with van der Waals surface area (Å²) in [5, 5.41) is 4.81. The first kappa shape index (κ1) is 16.3. The number of alkyl carbamates (subject to hydrolysis) is 2. The molecule has 0 radical (unpaired) electrons. The zero-order valence-electron chi connectivity index (χ0n) is 12.0. The van der Waals surface area contributed by atoms with E-state index < -0.39 is 18.3 Å². The molecule has 0 fully saturated rings. The standard InChI is InChI=1S/C13H22N2O5/c1-14-12(16)19-9-4-6-10(18-3)8-11(7-5-9)20-13(17)15-2/h5,7,9-11H,4,6,8H2,1-3H3,(H,14,16)(H,15,17)/b7-5+. The monoisotopic (exact) mass is 286 g/mol. The fourth-order valence-electron chi connectivity index (χ4n) is 1.94. The van der Waals surface area contributed by atoms with Gasteiger partial charge in [-0.05, 0) is 25.0 Å². The fraction of sp³-hybridized carbons (Fsp3) is 0.692. The van der Waals surface area contributed by atoms with Gasteiger partial charge in [0.15, 0.2) is 0 Å². The van der Waals surface area contributed by atoms with Gasteiger partial charge in [-0.1, -0.05) is 0 Å². The second-order valence-electron chi connectivity index (χ2n) is 4.44. The van der Waals surface area contributed by atoms with Gasteiger partial charge in [0, 0.05) is 27.6 Å². The van der Waals surface area contributed by atoms with Gasteiger partial charge in [0.2, 0.25) is 0 Å². The van der Waals surface area contributed by atoms with Gasteiger partial charge in [0.1, 0.15) is 12.2 Å². The minimum atomic E-state index is -0.501. The molecule has 3 atom stereocenters. The lowest BCUT2D eigenvalue weighted by Crippen LogP contribution is -2.32. The van der Waals surface area contributed by atoms with Gasteiger partial charge in [-0.15, -0.1) is 0 Å². The van der Waals surface area contributed by atoms with Crippen molar-refractivity contribution < 1.29 is 23.8 Å². The van der Waals surface area contributed by atoms with E-state index in [0.29, 0.717) is 12.8 Å². The normalized spacial score (nSPS) is 27.6. The summed E-state index contributed by atoms with van der Waals surface area (Å²) in [5.41, 5.74) is 0. The number of carbonyl (C=O) groups is 2. The second-order valence-corrected chi connectivity index (χ2v) is 4.44. The molecule has 0 saturated heterocycles. The maximum atomic E-state index is 11.3. The molecule has 0 aromatic rings. The van der Waals surface area contributed by atoms with Crippen molar-refractivity contribution in [1.82, 2.24) is 10.6 Å². The van der Waals surface area contributed by atoms with E-state index in [0.717, 1.165) is 6.42 Å². The summed E-state index contributed by atoms with van der Waals surface area (Å²) >= 11 is 0. The van der Waals surface area contributed by atoms with Crippen molar-refractivity contribution in [3.8, 4) is 0 Å². The molecule has 0 heterocycles. The maximum absolute atomic E-state index is 11.3. The molecule has 1 aliphatic rings. The number of amides is 2. The van der Waals surface area contributed by atoms with Gasteiger partial charge in [-0.3, -0.25) is 0 Å². The third-order valence-electron chi connectivity index (χ3n) is 3.07. The van der Waals surface area contributed by atoms with Crippen LogP contribution in [0.15, 0.2) is 12.2 Å². The zero-order valence-corrected chi connectivity index (χ0v) is 12.0. The largest absolute Gasteiger partial charge is 0.442 e. The van der Waals surface area contributed by atoms with Crippen molar-refractivity contribution in [2.24, 2.45) is 0 Å². The van der Waals surface area contributed by atoms with Crippen molar-refractivity contribution in [2.45, 2.75) is 37.6 Å². The van der Waals surface area contributed by atoms with Crippen LogP contribution in [0.5, 0.6) is 0 Å². The Morgan fingerprint density at radius 2 is 1.55 bits per heavy atom. The van der Waals surface area contributed by atoms with Crippen LogP contribution in [-0.2, 0) is 14.2 Å². The van der Waals surface area contributed by atoms with Crippen LogP contribution in [0, 0.1) is 0 Å². The van der Waals surface area contributed by atoms with Crippen molar-refractivity contribution in [3.05, 3.63) is 12.2 Å². The lowest BCUT2D eigenvalue weighted by molar-refractivity contribution is 0.0295. The predicted molar refractivity (Wildman–Crippen MR) is 72.4 cm³/mol. The molecule has 2 amide bonds. The summed E-state index contributed by atoms with van der Waals surface area (Å²) in [4.78, 5) is 22.5. The highest BCUT2D eigenvalue weighted by Gasteiger charge is 2.23. The third-order valence-corrected chi connectivity index (χ3v) is 3.07. The molecule has 0 saturated carbocycles. The van der Waals surface area contributed by atoms with Crippen molar-refractivity contribution in [1.29, 1.82) is 0 Å². The topological polar surface area (TPSA) is 85.9 Å². The number of methoxy groups -OCH3 is 1. The van der Waals surface area contributed by atoms with Crippen molar-refractivity contribution in [3.63, 3.8) is 0 Å². The Bertz CT molecular complexity index is 359. The van der Waals surface area contributed by atoms with E-state index in [1.54, 1.807) is 19.3 Å². The quantitative estimate of drug-likeness (QED) is 0.761. The average Bonchev–Trinajstić information content (AvgIpc) is 2.44. The van der Waals surface area contributed by atoms with Crippen LogP contribution in [0.3, 0.4) is 0 Å². The van der Waals surface area contributed by atoms with Crippen LogP contribution in [0.1, 0.15) is 19.3 Å². The Morgan fingerprint density at radius 3 is 2.10 bits per heavy atom. The molecule has 0 aromatic heterocycles. The number of carbonyl (C=O) groups excluding carboxylic acids is 2. The lowest BCUT2D eigenvalue weighted by atomic mass is 9.99. The Hall–Kier alpha value is -1.76. The predicted octanol–water partition coefficient (Wildman–Crippen LogP) is 1.19. The van der Waals surface area contributed by atoms with Crippen molar-refractivity contribution >= 4 is 12.2 Å². The molecule has 7 nitrogen and oxygen atoms in total. The van der Waals surface area contributed by atoms with Gasteiger partial charge >= 0.3 is 12.2 Å². The van der Waals surface area contributed by atoms with E-state index in [2.05, 4.69) is 10.6 Å². The Labute approximate surface area is 118 Å². The summed E-state index contributed by atoms with van der Waals surface area (Å²) in [6, 6.07) is 0. The smallest absolute Gasteiger partial charge is 0.407 e. The molecule has 20 heavy (non-hydrogen) atoms. The Balaban J connectivity index is 2.69. The summed E-state index contributed by atoms with van der Waals surface area (Å²) in [6.45, 7) is 0. The molecular weight excluding hydrogens is 264 g/mol. The van der Waals surface area contributed by atoms with E-state index in [1.807, 2.05) is 0 Å². The van der Waals surface area contributed by atoms with E-state index in [-0.39, 0.29) is 12.2 Å². The van der Waals surface area contributed by atoms with E-state index in [9.17, 15) is 9.59 Å². The number of ether oxygens (including phenoxy) is 3. The minimum absolute atomic E-state index is 0.0506. The van der Waals surface area contributed by atoms with Crippen LogP contribution < -0.4 is 10.6 Å². The fourth-order valence-corrected chi connectivity index (χ4v) is 1.94. The molecule has 7 heteroatoms. The van der Waals surface area contributed by atoms with Crippen LogP contribution in [0.4, 0.5) is 9.59 Å². The average molecular weight is 286 g/mol. The van der Waals surface area contributed by atoms with Crippen LogP contribution in [0.25, 0.3) is 0 Å². The lowest BCUT2D eigenvalue weighted by Gasteiger charge is -2.25. The molecule has 0 spiro atoms. The van der Waals surface area contributed by atoms with Crippen LogP contribution in [-0.4, -0.2) is 51.7 Å². The van der Waals surface area contributed by atoms with Gasteiger partial charge in [0.05, 0.1) is 6.10 Å². The summed E-state index contributed by atoms with van der Waals surface area (Å²) in [5.74, 6) is 0. The first-order chi connectivity index (χ1) is 9.58. The number of hydrogen-bond acceptors (Lipinski definition) is 5.